The smallest absolute Gasteiger partial charge is 0.278 e. The van der Waals surface area contributed by atoms with Crippen LogP contribution in [-0.2, 0) is 16.1 Å². The number of methoxy groups -OCH3 is 1. The molecule has 2 rings (SSSR count). The second-order valence-electron chi connectivity index (χ2n) is 5.90. The summed E-state index contributed by atoms with van der Waals surface area (Å²) in [5.74, 6) is 0.327. The van der Waals surface area contributed by atoms with E-state index in [-0.39, 0.29) is 24.7 Å². The molecular formula is C21H22N4O4. The molecule has 0 saturated carbocycles. The normalized spacial score (nSPS) is 10.4. The van der Waals surface area contributed by atoms with Gasteiger partial charge in [0.25, 0.3) is 5.91 Å². The van der Waals surface area contributed by atoms with E-state index in [1.54, 1.807) is 43.3 Å². The minimum absolute atomic E-state index is 0.0915. The van der Waals surface area contributed by atoms with Crippen LogP contribution in [0.3, 0.4) is 0 Å². The van der Waals surface area contributed by atoms with Crippen molar-refractivity contribution >= 4 is 12.1 Å². The van der Waals surface area contributed by atoms with Crippen LogP contribution in [0.25, 0.3) is 0 Å². The Kier molecular flexibility index (Phi) is 8.35. The van der Waals surface area contributed by atoms with E-state index in [4.69, 9.17) is 14.2 Å². The number of pyridine rings is 1. The first kappa shape index (κ1) is 21.6. The summed E-state index contributed by atoms with van der Waals surface area (Å²) in [6.07, 6.45) is 3.16. The van der Waals surface area contributed by atoms with Gasteiger partial charge in [0, 0.05) is 18.4 Å². The highest BCUT2D eigenvalue weighted by atomic mass is 16.5. The average molecular weight is 394 g/mol. The summed E-state index contributed by atoms with van der Waals surface area (Å²) in [5, 5.41) is 13.2. The third-order valence-electron chi connectivity index (χ3n) is 3.60. The SMILES string of the molecule is C=CCOc1ccc(/C=N\NC(=O)COc2nc(C)cc(COC)c2C#N)cc1. The number of aromatic nitrogens is 1. The Hall–Kier alpha value is -3.70. The Balaban J connectivity index is 1.91. The number of nitriles is 1. The fourth-order valence-electron chi connectivity index (χ4n) is 2.35. The number of aryl methyl sites for hydroxylation is 1. The molecule has 1 aromatic carbocycles. The molecule has 1 heterocycles. The Morgan fingerprint density at radius 2 is 2.10 bits per heavy atom. The predicted molar refractivity (Wildman–Crippen MR) is 108 cm³/mol. The molecule has 0 fully saturated rings. The van der Waals surface area contributed by atoms with Crippen LogP contribution < -0.4 is 14.9 Å². The molecule has 0 atom stereocenters. The van der Waals surface area contributed by atoms with Crippen molar-refractivity contribution in [2.75, 3.05) is 20.3 Å². The van der Waals surface area contributed by atoms with Crippen LogP contribution in [0.5, 0.6) is 11.6 Å². The summed E-state index contributed by atoms with van der Waals surface area (Å²) in [6.45, 7) is 5.70. The highest BCUT2D eigenvalue weighted by molar-refractivity contribution is 5.83. The minimum atomic E-state index is -0.479. The number of nitrogens with one attached hydrogen (secondary N) is 1. The van der Waals surface area contributed by atoms with Gasteiger partial charge in [-0.25, -0.2) is 10.4 Å². The highest BCUT2D eigenvalue weighted by Crippen LogP contribution is 2.21. The van der Waals surface area contributed by atoms with Crippen LogP contribution >= 0.6 is 0 Å². The van der Waals surface area contributed by atoms with Gasteiger partial charge in [-0.05, 0) is 42.8 Å². The van der Waals surface area contributed by atoms with E-state index in [1.165, 1.54) is 13.3 Å². The fourth-order valence-corrected chi connectivity index (χ4v) is 2.35. The van der Waals surface area contributed by atoms with Crippen LogP contribution in [-0.4, -0.2) is 37.4 Å². The van der Waals surface area contributed by atoms with Crippen molar-refractivity contribution < 1.29 is 19.0 Å². The topological polar surface area (TPSA) is 106 Å². The third kappa shape index (κ3) is 6.75. The highest BCUT2D eigenvalue weighted by Gasteiger charge is 2.14. The summed E-state index contributed by atoms with van der Waals surface area (Å²) < 4.78 is 15.9. The van der Waals surface area contributed by atoms with Gasteiger partial charge in [0.05, 0.1) is 12.8 Å². The van der Waals surface area contributed by atoms with E-state index in [9.17, 15) is 10.1 Å². The van der Waals surface area contributed by atoms with Gasteiger partial charge in [-0.3, -0.25) is 4.79 Å². The molecule has 2 aromatic rings. The molecule has 0 saturated heterocycles. The van der Waals surface area contributed by atoms with E-state index in [0.29, 0.717) is 23.6 Å². The molecule has 1 amide bonds. The number of amides is 1. The number of carbonyl (C=O) groups excluding carboxylic acids is 1. The molecule has 0 radical (unpaired) electrons. The van der Waals surface area contributed by atoms with Crippen LogP contribution in [0.1, 0.15) is 22.4 Å². The van der Waals surface area contributed by atoms with E-state index < -0.39 is 5.91 Å². The van der Waals surface area contributed by atoms with Gasteiger partial charge < -0.3 is 14.2 Å². The Bertz CT molecular complexity index is 918. The van der Waals surface area contributed by atoms with Gasteiger partial charge in [-0.2, -0.15) is 10.4 Å². The summed E-state index contributed by atoms with van der Waals surface area (Å²) in [4.78, 5) is 16.1. The quantitative estimate of drug-likeness (QED) is 0.377. The molecular weight excluding hydrogens is 372 g/mol. The monoisotopic (exact) mass is 394 g/mol. The zero-order chi connectivity index (χ0) is 21.1. The molecule has 150 valence electrons. The molecule has 29 heavy (non-hydrogen) atoms. The number of benzene rings is 1. The summed E-state index contributed by atoms with van der Waals surface area (Å²) in [6, 6.07) is 11.0. The van der Waals surface area contributed by atoms with Gasteiger partial charge in [-0.15, -0.1) is 0 Å². The van der Waals surface area contributed by atoms with E-state index in [2.05, 4.69) is 22.1 Å². The molecule has 8 heteroatoms. The van der Waals surface area contributed by atoms with Crippen molar-refractivity contribution in [2.24, 2.45) is 5.10 Å². The van der Waals surface area contributed by atoms with Gasteiger partial charge in [0.1, 0.15) is 24.0 Å². The largest absolute Gasteiger partial charge is 0.490 e. The molecule has 0 aliphatic heterocycles. The molecule has 0 bridgehead atoms. The Labute approximate surface area is 169 Å². The lowest BCUT2D eigenvalue weighted by molar-refractivity contribution is -0.123. The van der Waals surface area contributed by atoms with Crippen LogP contribution in [0.15, 0.2) is 48.1 Å². The molecule has 0 aliphatic rings. The lowest BCUT2D eigenvalue weighted by Gasteiger charge is -2.10. The summed E-state index contributed by atoms with van der Waals surface area (Å²) in [5.41, 5.74) is 4.70. The number of nitrogens with zero attached hydrogens (tertiary/aromatic N) is 3. The standard InChI is InChI=1S/C21H22N4O4/c1-4-9-28-18-7-5-16(6-8-18)12-23-25-20(26)14-29-21-19(11-22)17(13-27-3)10-15(2)24-21/h4-8,10,12H,1,9,13-14H2,2-3H3,(H,25,26)/b23-12-. The molecule has 0 aliphatic carbocycles. The number of hydrogen-bond acceptors (Lipinski definition) is 7. The minimum Gasteiger partial charge on any atom is -0.490 e. The predicted octanol–water partition coefficient (Wildman–Crippen LogP) is 2.50. The van der Waals surface area contributed by atoms with Crippen molar-refractivity contribution in [2.45, 2.75) is 13.5 Å². The first-order valence-corrected chi connectivity index (χ1v) is 8.75. The maximum absolute atomic E-state index is 12.0. The zero-order valence-corrected chi connectivity index (χ0v) is 16.3. The zero-order valence-electron chi connectivity index (χ0n) is 16.3. The fraction of sp³-hybridized carbons (Fsp3) is 0.238. The molecule has 8 nitrogen and oxygen atoms in total. The summed E-state index contributed by atoms with van der Waals surface area (Å²) >= 11 is 0. The number of rotatable bonds is 10. The Morgan fingerprint density at radius 1 is 1.34 bits per heavy atom. The van der Waals surface area contributed by atoms with Crippen molar-refractivity contribution in [1.82, 2.24) is 10.4 Å². The second kappa shape index (κ2) is 11.2. The van der Waals surface area contributed by atoms with Gasteiger partial charge in [0.15, 0.2) is 6.61 Å². The maximum Gasteiger partial charge on any atom is 0.278 e. The number of hydrogen-bond donors (Lipinski definition) is 1. The van der Waals surface area contributed by atoms with Gasteiger partial charge in [0.2, 0.25) is 5.88 Å². The number of carbonyl (C=O) groups is 1. The summed E-state index contributed by atoms with van der Waals surface area (Å²) in [7, 11) is 1.53. The van der Waals surface area contributed by atoms with Crippen LogP contribution in [0.2, 0.25) is 0 Å². The molecule has 1 N–H and O–H groups in total. The maximum atomic E-state index is 12.0. The number of ether oxygens (including phenoxy) is 3. The molecule has 0 unspecified atom stereocenters. The molecule has 1 aromatic heterocycles. The van der Waals surface area contributed by atoms with Crippen molar-refractivity contribution in [3.05, 3.63) is 65.4 Å². The average Bonchev–Trinajstić information content (AvgIpc) is 2.71. The van der Waals surface area contributed by atoms with Crippen LogP contribution in [0, 0.1) is 18.3 Å². The van der Waals surface area contributed by atoms with Gasteiger partial charge >= 0.3 is 0 Å². The van der Waals surface area contributed by atoms with E-state index in [1.807, 2.05) is 6.07 Å². The van der Waals surface area contributed by atoms with E-state index >= 15 is 0 Å². The van der Waals surface area contributed by atoms with Crippen molar-refractivity contribution in [3.8, 4) is 17.7 Å². The Morgan fingerprint density at radius 3 is 2.76 bits per heavy atom. The lowest BCUT2D eigenvalue weighted by Crippen LogP contribution is -2.25. The first-order chi connectivity index (χ1) is 14.1. The number of hydrazone groups is 1. The molecule has 0 spiro atoms. The van der Waals surface area contributed by atoms with Gasteiger partial charge in [-0.1, -0.05) is 12.7 Å². The lowest BCUT2D eigenvalue weighted by atomic mass is 10.1. The first-order valence-electron chi connectivity index (χ1n) is 8.75. The van der Waals surface area contributed by atoms with Crippen LogP contribution in [0.4, 0.5) is 0 Å². The van der Waals surface area contributed by atoms with Crippen molar-refractivity contribution in [1.29, 1.82) is 5.26 Å². The van der Waals surface area contributed by atoms with E-state index in [0.717, 1.165) is 5.56 Å². The third-order valence-corrected chi connectivity index (χ3v) is 3.60. The van der Waals surface area contributed by atoms with Crippen molar-refractivity contribution in [3.63, 3.8) is 0 Å². The second-order valence-corrected chi connectivity index (χ2v) is 5.90.